The van der Waals surface area contributed by atoms with Gasteiger partial charge in [0.05, 0.1) is 20.8 Å². The van der Waals surface area contributed by atoms with Crippen LogP contribution in [-0.2, 0) is 4.79 Å². The number of halogens is 1. The maximum Gasteiger partial charge on any atom is 0.266 e. The zero-order valence-corrected chi connectivity index (χ0v) is 19.7. The van der Waals surface area contributed by atoms with Crippen LogP contribution in [0.1, 0.15) is 31.9 Å². The summed E-state index contributed by atoms with van der Waals surface area (Å²) in [6, 6.07) is 11.5. The number of aliphatic imine (C=N–C) groups is 1. The van der Waals surface area contributed by atoms with Crippen LogP contribution in [-0.4, -0.2) is 33.7 Å². The lowest BCUT2D eigenvalue weighted by molar-refractivity contribution is -0.123. The lowest BCUT2D eigenvalue weighted by Gasteiger charge is -2.19. The molecule has 29 heavy (non-hydrogen) atoms. The molecule has 2 aromatic carbocycles. The number of aromatic hydroxyl groups is 1. The van der Waals surface area contributed by atoms with Crippen molar-refractivity contribution in [2.45, 2.75) is 33.7 Å². The number of carbonyl (C=O) groups is 1. The summed E-state index contributed by atoms with van der Waals surface area (Å²) in [6.07, 6.45) is 1.82. The van der Waals surface area contributed by atoms with Crippen molar-refractivity contribution in [1.82, 2.24) is 4.90 Å². The SMILES string of the molecule is CCOc1cc(/C=C2/SC(=Nc3ccc(C)cc3)N(C(C)C)C2=O)cc(I)c1O. The van der Waals surface area contributed by atoms with E-state index in [0.29, 0.717) is 26.0 Å². The van der Waals surface area contributed by atoms with Crippen molar-refractivity contribution in [3.8, 4) is 11.5 Å². The summed E-state index contributed by atoms with van der Waals surface area (Å²) in [4.78, 5) is 20.0. The van der Waals surface area contributed by atoms with Crippen molar-refractivity contribution < 1.29 is 14.6 Å². The minimum Gasteiger partial charge on any atom is -0.504 e. The Morgan fingerprint density at radius 2 is 1.97 bits per heavy atom. The van der Waals surface area contributed by atoms with Gasteiger partial charge in [-0.3, -0.25) is 9.69 Å². The summed E-state index contributed by atoms with van der Waals surface area (Å²) in [5.41, 5.74) is 2.78. The second-order valence-electron chi connectivity index (χ2n) is 6.89. The summed E-state index contributed by atoms with van der Waals surface area (Å²) in [5, 5.41) is 10.8. The Morgan fingerprint density at radius 1 is 1.28 bits per heavy atom. The Kier molecular flexibility index (Phi) is 6.89. The first-order valence-corrected chi connectivity index (χ1v) is 11.2. The lowest BCUT2D eigenvalue weighted by Crippen LogP contribution is -2.35. The van der Waals surface area contributed by atoms with Crippen molar-refractivity contribution in [3.63, 3.8) is 0 Å². The number of amides is 1. The standard InChI is InChI=1S/C22H23IN2O3S/c1-5-28-18-11-15(10-17(23)20(18)26)12-19-21(27)25(13(2)3)22(29-19)24-16-8-6-14(4)7-9-16/h6-13,26H,5H2,1-4H3/b19-12+,24-22?. The third-order valence-corrected chi connectivity index (χ3v) is 6.07. The number of rotatable bonds is 5. The van der Waals surface area contributed by atoms with Crippen molar-refractivity contribution >= 4 is 57.2 Å². The van der Waals surface area contributed by atoms with Gasteiger partial charge in [0.2, 0.25) is 0 Å². The van der Waals surface area contributed by atoms with Crippen molar-refractivity contribution in [1.29, 1.82) is 0 Å². The summed E-state index contributed by atoms with van der Waals surface area (Å²) in [7, 11) is 0. The van der Waals surface area contributed by atoms with Crippen LogP contribution in [0.25, 0.3) is 6.08 Å². The molecule has 0 aromatic heterocycles. The van der Waals surface area contributed by atoms with Crippen LogP contribution >= 0.6 is 34.4 Å². The first-order valence-electron chi connectivity index (χ1n) is 9.34. The molecule has 5 nitrogen and oxygen atoms in total. The molecule has 1 fully saturated rings. The second-order valence-corrected chi connectivity index (χ2v) is 9.06. The Hall–Kier alpha value is -2.00. The van der Waals surface area contributed by atoms with Gasteiger partial charge in [-0.15, -0.1) is 0 Å². The second kappa shape index (κ2) is 9.21. The molecule has 1 amide bonds. The number of hydrogen-bond acceptors (Lipinski definition) is 5. The largest absolute Gasteiger partial charge is 0.504 e. The number of phenols is 1. The van der Waals surface area contributed by atoms with E-state index >= 15 is 0 Å². The normalized spacial score (nSPS) is 17.0. The molecule has 1 saturated heterocycles. The van der Waals surface area contributed by atoms with Gasteiger partial charge in [0.25, 0.3) is 5.91 Å². The van der Waals surface area contributed by atoms with Crippen LogP contribution in [0.3, 0.4) is 0 Å². The van der Waals surface area contributed by atoms with Gasteiger partial charge in [0.15, 0.2) is 16.7 Å². The van der Waals surface area contributed by atoms with E-state index in [4.69, 9.17) is 9.73 Å². The van der Waals surface area contributed by atoms with Crippen LogP contribution in [0.2, 0.25) is 0 Å². The number of phenolic OH excluding ortho intramolecular Hbond substituents is 1. The highest BCUT2D eigenvalue weighted by atomic mass is 127. The number of benzene rings is 2. The molecule has 1 aliphatic heterocycles. The molecule has 0 unspecified atom stereocenters. The van der Waals surface area contributed by atoms with E-state index in [1.807, 2.05) is 64.1 Å². The summed E-state index contributed by atoms with van der Waals surface area (Å²) in [5.74, 6) is 0.457. The Morgan fingerprint density at radius 3 is 2.59 bits per heavy atom. The van der Waals surface area contributed by atoms with E-state index < -0.39 is 0 Å². The number of nitrogens with zero attached hydrogens (tertiary/aromatic N) is 2. The fourth-order valence-electron chi connectivity index (χ4n) is 2.84. The molecule has 1 aliphatic rings. The maximum absolute atomic E-state index is 13.0. The van der Waals surface area contributed by atoms with Gasteiger partial charge in [-0.05, 0) is 98.0 Å². The van der Waals surface area contributed by atoms with Crippen molar-refractivity contribution in [3.05, 3.63) is 56.0 Å². The molecule has 0 atom stereocenters. The fraction of sp³-hybridized carbons (Fsp3) is 0.273. The number of thioether (sulfide) groups is 1. The Bertz CT molecular complexity index is 984. The topological polar surface area (TPSA) is 62.1 Å². The van der Waals surface area contributed by atoms with Crippen LogP contribution < -0.4 is 4.74 Å². The van der Waals surface area contributed by atoms with Gasteiger partial charge in [-0.2, -0.15) is 0 Å². The maximum atomic E-state index is 13.0. The minimum atomic E-state index is -0.0723. The van der Waals surface area contributed by atoms with E-state index in [9.17, 15) is 9.90 Å². The molecule has 0 bridgehead atoms. The summed E-state index contributed by atoms with van der Waals surface area (Å²) >= 11 is 3.42. The number of carbonyl (C=O) groups excluding carboxylic acids is 1. The Balaban J connectivity index is 1.98. The van der Waals surface area contributed by atoms with Gasteiger partial charge in [0.1, 0.15) is 0 Å². The van der Waals surface area contributed by atoms with Crippen molar-refractivity contribution in [2.24, 2.45) is 4.99 Å². The molecule has 0 aliphatic carbocycles. The van der Waals surface area contributed by atoms with Crippen LogP contribution in [0.5, 0.6) is 11.5 Å². The predicted molar refractivity (Wildman–Crippen MR) is 128 cm³/mol. The third-order valence-electron chi connectivity index (χ3n) is 4.26. The average Bonchev–Trinajstić information content (AvgIpc) is 2.96. The monoisotopic (exact) mass is 522 g/mol. The van der Waals surface area contributed by atoms with E-state index in [-0.39, 0.29) is 17.7 Å². The van der Waals surface area contributed by atoms with Gasteiger partial charge in [-0.1, -0.05) is 17.7 Å². The van der Waals surface area contributed by atoms with Crippen LogP contribution in [0.4, 0.5) is 5.69 Å². The number of aryl methyl sites for hydroxylation is 1. The van der Waals surface area contributed by atoms with Gasteiger partial charge < -0.3 is 9.84 Å². The molecule has 1 N–H and O–H groups in total. The molecule has 0 radical (unpaired) electrons. The zero-order chi connectivity index (χ0) is 21.1. The first kappa shape index (κ1) is 21.7. The quantitative estimate of drug-likeness (QED) is 0.404. The molecule has 3 rings (SSSR count). The number of ether oxygens (including phenoxy) is 1. The molecule has 2 aromatic rings. The number of amidine groups is 1. The number of hydrogen-bond donors (Lipinski definition) is 1. The van der Waals surface area contributed by atoms with E-state index in [1.165, 1.54) is 11.8 Å². The highest BCUT2D eigenvalue weighted by molar-refractivity contribution is 14.1. The van der Waals surface area contributed by atoms with Crippen molar-refractivity contribution in [2.75, 3.05) is 6.61 Å². The average molecular weight is 522 g/mol. The summed E-state index contributed by atoms with van der Waals surface area (Å²) < 4.78 is 6.18. The van der Waals surface area contributed by atoms with E-state index in [2.05, 4.69) is 22.6 Å². The van der Waals surface area contributed by atoms with Gasteiger partial charge >= 0.3 is 0 Å². The smallest absolute Gasteiger partial charge is 0.266 e. The highest BCUT2D eigenvalue weighted by Crippen LogP contribution is 2.38. The van der Waals surface area contributed by atoms with E-state index in [1.54, 1.807) is 11.0 Å². The predicted octanol–water partition coefficient (Wildman–Crippen LogP) is 5.72. The van der Waals surface area contributed by atoms with Crippen LogP contribution in [0, 0.1) is 10.5 Å². The van der Waals surface area contributed by atoms with Crippen LogP contribution in [0.15, 0.2) is 46.3 Å². The third kappa shape index (κ3) is 4.95. The van der Waals surface area contributed by atoms with E-state index in [0.717, 1.165) is 16.8 Å². The minimum absolute atomic E-state index is 0.0102. The van der Waals surface area contributed by atoms with Gasteiger partial charge in [0, 0.05) is 6.04 Å². The lowest BCUT2D eigenvalue weighted by atomic mass is 10.2. The highest BCUT2D eigenvalue weighted by Gasteiger charge is 2.35. The first-order chi connectivity index (χ1) is 13.8. The van der Waals surface area contributed by atoms with Gasteiger partial charge in [-0.25, -0.2) is 4.99 Å². The molecule has 7 heteroatoms. The molecule has 0 spiro atoms. The summed E-state index contributed by atoms with van der Waals surface area (Å²) in [6.45, 7) is 8.29. The molecule has 1 heterocycles. The molecule has 0 saturated carbocycles. The Labute approximate surface area is 189 Å². The molecular weight excluding hydrogens is 499 g/mol. The zero-order valence-electron chi connectivity index (χ0n) is 16.8. The molecular formula is C22H23IN2O3S. The fourth-order valence-corrected chi connectivity index (χ4v) is 4.59. The molecule has 152 valence electrons.